The Kier molecular flexibility index (Phi) is 4.66. The van der Waals surface area contributed by atoms with E-state index in [0.717, 1.165) is 25.0 Å². The van der Waals surface area contributed by atoms with Crippen LogP contribution < -0.4 is 0 Å². The van der Waals surface area contributed by atoms with E-state index in [1.165, 1.54) is 29.0 Å². The topological polar surface area (TPSA) is 33.2 Å². The molecule has 0 aliphatic carbocycles. The molecule has 1 atom stereocenters. The van der Waals surface area contributed by atoms with Crippen LogP contribution in [0.15, 0.2) is 24.3 Å². The molecule has 4 heteroatoms. The maximum absolute atomic E-state index is 11.5. The number of para-hydroxylation sites is 1. The Balaban J connectivity index is 1.77. The highest BCUT2D eigenvalue weighted by Crippen LogP contribution is 2.26. The van der Waals surface area contributed by atoms with Gasteiger partial charge in [-0.25, -0.2) is 4.98 Å². The molecule has 2 aromatic rings. The lowest BCUT2D eigenvalue weighted by molar-refractivity contribution is -0.118. The molecule has 21 heavy (non-hydrogen) atoms. The van der Waals surface area contributed by atoms with Crippen molar-refractivity contribution < 1.29 is 4.79 Å². The molecule has 1 aliphatic heterocycles. The van der Waals surface area contributed by atoms with Crippen molar-refractivity contribution in [3.8, 4) is 0 Å². The van der Waals surface area contributed by atoms with Crippen LogP contribution in [0.1, 0.15) is 44.0 Å². The molecule has 112 valence electrons. The summed E-state index contributed by atoms with van der Waals surface area (Å²) in [4.78, 5) is 18.7. The van der Waals surface area contributed by atoms with Gasteiger partial charge >= 0.3 is 0 Å². The second-order valence-corrected chi connectivity index (χ2v) is 7.07. The minimum absolute atomic E-state index is 0.302. The van der Waals surface area contributed by atoms with Gasteiger partial charge in [-0.1, -0.05) is 25.0 Å². The predicted octanol–water partition coefficient (Wildman–Crippen LogP) is 4.02. The monoisotopic (exact) mass is 302 g/mol. The molecule has 0 spiro atoms. The minimum atomic E-state index is 0.302. The van der Waals surface area contributed by atoms with Gasteiger partial charge in [-0.3, -0.25) is 9.69 Å². The number of thiazole rings is 1. The Bertz CT molecular complexity index is 589. The fourth-order valence-electron chi connectivity index (χ4n) is 3.17. The molecule has 1 aliphatic rings. The molecule has 1 saturated heterocycles. The van der Waals surface area contributed by atoms with Crippen molar-refractivity contribution in [3.63, 3.8) is 0 Å². The number of carbonyl (C=O) groups is 1. The first-order valence-corrected chi connectivity index (χ1v) is 8.62. The first-order valence-electron chi connectivity index (χ1n) is 7.80. The standard InChI is InChI=1S/C17H22N2OS/c1-13(20)11-14-7-3-2-6-10-19(14)12-17-18-15-8-4-5-9-16(15)21-17/h4-5,8-9,14H,2-3,6-7,10-12H2,1H3. The van der Waals surface area contributed by atoms with Gasteiger partial charge in [0.1, 0.15) is 10.8 Å². The van der Waals surface area contributed by atoms with E-state index in [0.29, 0.717) is 18.2 Å². The molecule has 0 bridgehead atoms. The normalized spacial score (nSPS) is 20.5. The first-order chi connectivity index (χ1) is 10.2. The van der Waals surface area contributed by atoms with Gasteiger partial charge in [-0.05, 0) is 38.4 Å². The predicted molar refractivity (Wildman–Crippen MR) is 87.6 cm³/mol. The summed E-state index contributed by atoms with van der Waals surface area (Å²) in [5.41, 5.74) is 1.09. The number of Topliss-reactive ketones (excluding diaryl/α,β-unsaturated/α-hetero) is 1. The third-order valence-corrected chi connectivity index (χ3v) is 5.22. The number of hydrogen-bond acceptors (Lipinski definition) is 4. The maximum atomic E-state index is 11.5. The first kappa shape index (κ1) is 14.7. The molecule has 0 radical (unpaired) electrons. The molecule has 1 aromatic carbocycles. The van der Waals surface area contributed by atoms with Gasteiger partial charge in [0, 0.05) is 12.5 Å². The molecular weight excluding hydrogens is 280 g/mol. The smallest absolute Gasteiger partial charge is 0.131 e. The molecule has 1 fully saturated rings. The van der Waals surface area contributed by atoms with Crippen molar-refractivity contribution in [2.45, 2.75) is 51.6 Å². The molecule has 0 saturated carbocycles. The van der Waals surface area contributed by atoms with E-state index >= 15 is 0 Å². The summed E-state index contributed by atoms with van der Waals surface area (Å²) in [5.74, 6) is 0.302. The Morgan fingerprint density at radius 1 is 1.33 bits per heavy atom. The average Bonchev–Trinajstić information content (AvgIpc) is 2.74. The number of ketones is 1. The SMILES string of the molecule is CC(=O)CC1CCCCCN1Cc1nc2ccccc2s1. The van der Waals surface area contributed by atoms with E-state index in [1.54, 1.807) is 18.3 Å². The Labute approximate surface area is 130 Å². The Morgan fingerprint density at radius 3 is 3.00 bits per heavy atom. The quantitative estimate of drug-likeness (QED) is 0.855. The largest absolute Gasteiger partial charge is 0.300 e. The highest BCUT2D eigenvalue weighted by molar-refractivity contribution is 7.18. The highest BCUT2D eigenvalue weighted by atomic mass is 32.1. The van der Waals surface area contributed by atoms with Gasteiger partial charge in [-0.2, -0.15) is 0 Å². The van der Waals surface area contributed by atoms with Gasteiger partial charge in [0.05, 0.1) is 16.8 Å². The highest BCUT2D eigenvalue weighted by Gasteiger charge is 2.23. The van der Waals surface area contributed by atoms with Crippen molar-refractivity contribution >= 4 is 27.3 Å². The van der Waals surface area contributed by atoms with Gasteiger partial charge in [0.2, 0.25) is 0 Å². The molecule has 0 amide bonds. The molecule has 1 unspecified atom stereocenters. The summed E-state index contributed by atoms with van der Waals surface area (Å²) in [6.07, 6.45) is 5.59. The zero-order valence-corrected chi connectivity index (χ0v) is 13.4. The van der Waals surface area contributed by atoms with E-state index in [9.17, 15) is 4.79 Å². The zero-order valence-electron chi connectivity index (χ0n) is 12.5. The zero-order chi connectivity index (χ0) is 14.7. The van der Waals surface area contributed by atoms with Gasteiger partial charge < -0.3 is 0 Å². The average molecular weight is 302 g/mol. The molecule has 3 nitrogen and oxygen atoms in total. The van der Waals surface area contributed by atoms with Crippen LogP contribution in [-0.4, -0.2) is 28.3 Å². The van der Waals surface area contributed by atoms with E-state index in [-0.39, 0.29) is 0 Å². The van der Waals surface area contributed by atoms with Crippen molar-refractivity contribution in [1.29, 1.82) is 0 Å². The van der Waals surface area contributed by atoms with E-state index < -0.39 is 0 Å². The van der Waals surface area contributed by atoms with Crippen LogP contribution in [0.2, 0.25) is 0 Å². The Morgan fingerprint density at radius 2 is 2.19 bits per heavy atom. The van der Waals surface area contributed by atoms with Crippen LogP contribution in [0.5, 0.6) is 0 Å². The van der Waals surface area contributed by atoms with Crippen LogP contribution in [0.3, 0.4) is 0 Å². The lowest BCUT2D eigenvalue weighted by Crippen LogP contribution is -2.35. The fraction of sp³-hybridized carbons (Fsp3) is 0.529. The van der Waals surface area contributed by atoms with Crippen LogP contribution in [0.4, 0.5) is 0 Å². The van der Waals surface area contributed by atoms with Crippen LogP contribution in [0, 0.1) is 0 Å². The lowest BCUT2D eigenvalue weighted by atomic mass is 10.0. The van der Waals surface area contributed by atoms with Crippen LogP contribution in [0.25, 0.3) is 10.2 Å². The minimum Gasteiger partial charge on any atom is -0.300 e. The van der Waals surface area contributed by atoms with Crippen molar-refractivity contribution in [1.82, 2.24) is 9.88 Å². The molecule has 0 N–H and O–H groups in total. The van der Waals surface area contributed by atoms with E-state index in [4.69, 9.17) is 4.98 Å². The van der Waals surface area contributed by atoms with Gasteiger partial charge in [-0.15, -0.1) is 11.3 Å². The summed E-state index contributed by atoms with van der Waals surface area (Å²) in [5, 5.41) is 1.17. The number of aromatic nitrogens is 1. The fourth-order valence-corrected chi connectivity index (χ4v) is 4.16. The van der Waals surface area contributed by atoms with E-state index in [2.05, 4.69) is 23.1 Å². The second kappa shape index (κ2) is 6.67. The summed E-state index contributed by atoms with van der Waals surface area (Å²) in [6.45, 7) is 3.69. The van der Waals surface area contributed by atoms with Crippen molar-refractivity contribution in [2.75, 3.05) is 6.54 Å². The number of benzene rings is 1. The third-order valence-electron chi connectivity index (χ3n) is 4.20. The summed E-state index contributed by atoms with van der Waals surface area (Å²) in [7, 11) is 0. The number of fused-ring (bicyclic) bond motifs is 1. The van der Waals surface area contributed by atoms with Crippen molar-refractivity contribution in [3.05, 3.63) is 29.3 Å². The molecule has 1 aromatic heterocycles. The van der Waals surface area contributed by atoms with Gasteiger partial charge in [0.15, 0.2) is 0 Å². The number of likely N-dealkylation sites (tertiary alicyclic amines) is 1. The molecule has 3 rings (SSSR count). The van der Waals surface area contributed by atoms with Crippen LogP contribution >= 0.6 is 11.3 Å². The van der Waals surface area contributed by atoms with Crippen LogP contribution in [-0.2, 0) is 11.3 Å². The maximum Gasteiger partial charge on any atom is 0.131 e. The Hall–Kier alpha value is -1.26. The molecular formula is C17H22N2OS. The number of nitrogens with zero attached hydrogens (tertiary/aromatic N) is 2. The van der Waals surface area contributed by atoms with Gasteiger partial charge in [0.25, 0.3) is 0 Å². The summed E-state index contributed by atoms with van der Waals surface area (Å²) < 4.78 is 1.26. The number of carbonyl (C=O) groups excluding carboxylic acids is 1. The third kappa shape index (κ3) is 3.69. The summed E-state index contributed by atoms with van der Waals surface area (Å²) in [6, 6.07) is 8.71. The van der Waals surface area contributed by atoms with E-state index in [1.807, 2.05) is 6.07 Å². The summed E-state index contributed by atoms with van der Waals surface area (Å²) >= 11 is 1.78. The van der Waals surface area contributed by atoms with Crippen molar-refractivity contribution in [2.24, 2.45) is 0 Å². The number of hydrogen-bond donors (Lipinski definition) is 0. The molecule has 2 heterocycles. The number of rotatable bonds is 4. The second-order valence-electron chi connectivity index (χ2n) is 5.96. The lowest BCUT2D eigenvalue weighted by Gasteiger charge is -2.28.